The third kappa shape index (κ3) is 3.78. The van der Waals surface area contributed by atoms with Crippen LogP contribution in [-0.2, 0) is 6.54 Å². The Morgan fingerprint density at radius 1 is 1.19 bits per heavy atom. The molecule has 0 atom stereocenters. The van der Waals surface area contributed by atoms with E-state index in [0.717, 1.165) is 11.4 Å². The summed E-state index contributed by atoms with van der Waals surface area (Å²) in [6.07, 6.45) is 0. The molecule has 2 aromatic heterocycles. The van der Waals surface area contributed by atoms with Crippen LogP contribution in [0.15, 0.2) is 36.4 Å². The van der Waals surface area contributed by atoms with E-state index in [0.29, 0.717) is 24.6 Å². The molecule has 0 unspecified atom stereocenters. The third-order valence-corrected chi connectivity index (χ3v) is 3.19. The predicted molar refractivity (Wildman–Crippen MR) is 83.2 cm³/mol. The molecule has 2 heterocycles. The van der Waals surface area contributed by atoms with Gasteiger partial charge in [0.05, 0.1) is 12.2 Å². The lowest BCUT2D eigenvalue weighted by Crippen LogP contribution is -2.31. The lowest BCUT2D eigenvalue weighted by atomic mass is 10.2. The van der Waals surface area contributed by atoms with Gasteiger partial charge in [-0.05, 0) is 38.1 Å². The highest BCUT2D eigenvalue weighted by atomic mass is 16.2. The summed E-state index contributed by atoms with van der Waals surface area (Å²) in [5.74, 6) is 0.600. The fourth-order valence-corrected chi connectivity index (χ4v) is 2.07. The van der Waals surface area contributed by atoms with Crippen molar-refractivity contribution < 1.29 is 4.79 Å². The molecule has 0 aliphatic heterocycles. The van der Waals surface area contributed by atoms with E-state index < -0.39 is 0 Å². The van der Waals surface area contributed by atoms with Gasteiger partial charge in [-0.3, -0.25) is 9.78 Å². The van der Waals surface area contributed by atoms with Gasteiger partial charge in [0.2, 0.25) is 0 Å². The molecular weight excluding hydrogens is 264 g/mol. The minimum Gasteiger partial charge on any atom is -0.373 e. The Morgan fingerprint density at radius 2 is 1.95 bits per heavy atom. The van der Waals surface area contributed by atoms with Gasteiger partial charge in [0.15, 0.2) is 0 Å². The van der Waals surface area contributed by atoms with Crippen LogP contribution in [-0.4, -0.2) is 34.4 Å². The van der Waals surface area contributed by atoms with Crippen LogP contribution in [0, 0.1) is 6.92 Å². The predicted octanol–water partition coefficient (Wildman–Crippen LogP) is 2.49. The fraction of sp³-hybridized carbons (Fsp3) is 0.312. The fourth-order valence-electron chi connectivity index (χ4n) is 2.07. The number of anilines is 1. The smallest absolute Gasteiger partial charge is 0.272 e. The number of aryl methyl sites for hydroxylation is 1. The van der Waals surface area contributed by atoms with Crippen molar-refractivity contribution in [1.29, 1.82) is 0 Å². The lowest BCUT2D eigenvalue weighted by molar-refractivity contribution is 0.0745. The molecule has 1 amide bonds. The van der Waals surface area contributed by atoms with Gasteiger partial charge in [-0.1, -0.05) is 12.1 Å². The summed E-state index contributed by atoms with van der Waals surface area (Å²) in [6, 6.07) is 11.2. The zero-order chi connectivity index (χ0) is 15.2. The van der Waals surface area contributed by atoms with Crippen molar-refractivity contribution in [2.75, 3.05) is 18.9 Å². The van der Waals surface area contributed by atoms with Gasteiger partial charge in [0, 0.05) is 19.3 Å². The van der Waals surface area contributed by atoms with E-state index in [9.17, 15) is 4.79 Å². The van der Waals surface area contributed by atoms with Gasteiger partial charge in [-0.15, -0.1) is 0 Å². The second kappa shape index (κ2) is 6.83. The van der Waals surface area contributed by atoms with E-state index in [4.69, 9.17) is 0 Å². The lowest BCUT2D eigenvalue weighted by Gasteiger charge is -2.20. The van der Waals surface area contributed by atoms with Crippen molar-refractivity contribution >= 4 is 11.7 Å². The van der Waals surface area contributed by atoms with Crippen LogP contribution in [0.1, 0.15) is 28.8 Å². The molecule has 0 bridgehead atoms. The zero-order valence-electron chi connectivity index (χ0n) is 12.6. The van der Waals surface area contributed by atoms with E-state index in [-0.39, 0.29) is 5.91 Å². The molecule has 0 saturated carbocycles. The third-order valence-electron chi connectivity index (χ3n) is 3.19. The topological polar surface area (TPSA) is 58.1 Å². The van der Waals surface area contributed by atoms with Gasteiger partial charge < -0.3 is 10.2 Å². The molecule has 0 aliphatic rings. The Kier molecular flexibility index (Phi) is 4.87. The number of aromatic nitrogens is 2. The average molecular weight is 284 g/mol. The van der Waals surface area contributed by atoms with Gasteiger partial charge >= 0.3 is 0 Å². The minimum atomic E-state index is -0.0853. The summed E-state index contributed by atoms with van der Waals surface area (Å²) in [5.41, 5.74) is 2.28. The Labute approximate surface area is 125 Å². The Hall–Kier alpha value is -2.43. The highest BCUT2D eigenvalue weighted by Crippen LogP contribution is 2.10. The highest BCUT2D eigenvalue weighted by Gasteiger charge is 2.16. The number of rotatable bonds is 5. The molecule has 21 heavy (non-hydrogen) atoms. The van der Waals surface area contributed by atoms with Crippen molar-refractivity contribution in [1.82, 2.24) is 14.9 Å². The number of carbonyl (C=O) groups is 1. The van der Waals surface area contributed by atoms with Gasteiger partial charge in [-0.2, -0.15) is 0 Å². The second-order valence-corrected chi connectivity index (χ2v) is 4.75. The van der Waals surface area contributed by atoms with Crippen LogP contribution in [0.2, 0.25) is 0 Å². The van der Waals surface area contributed by atoms with Crippen LogP contribution in [0.25, 0.3) is 0 Å². The van der Waals surface area contributed by atoms with Crippen molar-refractivity contribution in [2.45, 2.75) is 20.4 Å². The van der Waals surface area contributed by atoms with E-state index in [1.54, 1.807) is 18.0 Å². The number of carbonyl (C=O) groups excluding carboxylic acids is 1. The molecule has 1 N–H and O–H groups in total. The Bertz CT molecular complexity index is 627. The molecule has 0 saturated heterocycles. The molecule has 110 valence electrons. The minimum absolute atomic E-state index is 0.0853. The monoisotopic (exact) mass is 284 g/mol. The quantitative estimate of drug-likeness (QED) is 0.916. The molecule has 0 aromatic carbocycles. The van der Waals surface area contributed by atoms with Crippen molar-refractivity contribution in [3.05, 3.63) is 53.5 Å². The Balaban J connectivity index is 2.18. The molecular formula is C16H20N4O. The van der Waals surface area contributed by atoms with Gasteiger partial charge in [-0.25, -0.2) is 4.98 Å². The first kappa shape index (κ1) is 15.0. The first-order valence-corrected chi connectivity index (χ1v) is 7.00. The van der Waals surface area contributed by atoms with Crippen LogP contribution >= 0.6 is 0 Å². The summed E-state index contributed by atoms with van der Waals surface area (Å²) in [4.78, 5) is 23.0. The number of pyridine rings is 2. The van der Waals surface area contributed by atoms with Gasteiger partial charge in [0.1, 0.15) is 11.5 Å². The second-order valence-electron chi connectivity index (χ2n) is 4.75. The van der Waals surface area contributed by atoms with E-state index in [1.807, 2.05) is 44.2 Å². The normalized spacial score (nSPS) is 10.2. The van der Waals surface area contributed by atoms with Crippen molar-refractivity contribution in [2.24, 2.45) is 0 Å². The largest absolute Gasteiger partial charge is 0.373 e. The number of hydrogen-bond acceptors (Lipinski definition) is 4. The number of nitrogens with one attached hydrogen (secondary N) is 1. The first-order valence-electron chi connectivity index (χ1n) is 7.00. The zero-order valence-corrected chi connectivity index (χ0v) is 12.6. The van der Waals surface area contributed by atoms with E-state index in [1.165, 1.54) is 0 Å². The van der Waals surface area contributed by atoms with Crippen LogP contribution in [0.4, 0.5) is 5.82 Å². The van der Waals surface area contributed by atoms with Crippen molar-refractivity contribution in [3.8, 4) is 0 Å². The van der Waals surface area contributed by atoms with E-state index in [2.05, 4.69) is 15.3 Å². The summed E-state index contributed by atoms with van der Waals surface area (Å²) < 4.78 is 0. The maximum Gasteiger partial charge on any atom is 0.272 e. The summed E-state index contributed by atoms with van der Waals surface area (Å²) in [6.45, 7) is 5.00. The summed E-state index contributed by atoms with van der Waals surface area (Å²) in [7, 11) is 1.78. The van der Waals surface area contributed by atoms with Crippen LogP contribution < -0.4 is 5.32 Å². The molecule has 2 rings (SSSR count). The first-order chi connectivity index (χ1) is 10.1. The number of nitrogens with zero attached hydrogens (tertiary/aromatic N) is 3. The maximum atomic E-state index is 12.5. The molecule has 0 spiro atoms. The standard InChI is InChI=1S/C16H20N4O/c1-4-20(11-13-8-5-7-12(2)18-13)16(21)14-9-6-10-15(17-3)19-14/h5-10H,4,11H2,1-3H3,(H,17,19). The maximum absolute atomic E-state index is 12.5. The SMILES string of the molecule is CCN(Cc1cccc(C)n1)C(=O)c1cccc(NC)n1. The molecule has 2 aromatic rings. The van der Waals surface area contributed by atoms with E-state index >= 15 is 0 Å². The van der Waals surface area contributed by atoms with Crippen LogP contribution in [0.3, 0.4) is 0 Å². The van der Waals surface area contributed by atoms with Crippen molar-refractivity contribution in [3.63, 3.8) is 0 Å². The summed E-state index contributed by atoms with van der Waals surface area (Å²) >= 11 is 0. The average Bonchev–Trinajstić information content (AvgIpc) is 2.52. The Morgan fingerprint density at radius 3 is 2.62 bits per heavy atom. The molecule has 0 radical (unpaired) electrons. The number of hydrogen-bond donors (Lipinski definition) is 1. The van der Waals surface area contributed by atoms with Crippen LogP contribution in [0.5, 0.6) is 0 Å². The molecule has 0 aliphatic carbocycles. The highest BCUT2D eigenvalue weighted by molar-refractivity contribution is 5.92. The molecule has 5 heteroatoms. The van der Waals surface area contributed by atoms with Gasteiger partial charge in [0.25, 0.3) is 5.91 Å². The molecule has 0 fully saturated rings. The summed E-state index contributed by atoms with van der Waals surface area (Å²) in [5, 5.41) is 2.94. The number of amides is 1. The molecule has 5 nitrogen and oxygen atoms in total.